The molecule has 0 aliphatic carbocycles. The van der Waals surface area contributed by atoms with Gasteiger partial charge in [-0.05, 0) is 52.3 Å². The molecule has 0 fully saturated rings. The van der Waals surface area contributed by atoms with Crippen molar-refractivity contribution in [3.8, 4) is 0 Å². The van der Waals surface area contributed by atoms with Crippen molar-refractivity contribution in [3.05, 3.63) is 63.6 Å². The van der Waals surface area contributed by atoms with Crippen molar-refractivity contribution in [1.29, 1.82) is 0 Å². The van der Waals surface area contributed by atoms with Crippen molar-refractivity contribution in [2.24, 2.45) is 0 Å². The Morgan fingerprint density at radius 2 is 1.80 bits per heavy atom. The average molecular weight is 342 g/mol. The molecule has 20 heavy (non-hydrogen) atoms. The van der Waals surface area contributed by atoms with Crippen LogP contribution in [0.1, 0.15) is 15.9 Å². The summed E-state index contributed by atoms with van der Waals surface area (Å²) in [6.45, 7) is -0.486. The van der Waals surface area contributed by atoms with Gasteiger partial charge in [-0.15, -0.1) is 0 Å². The monoisotopic (exact) mass is 341 g/mol. The minimum atomic E-state index is -0.782. The molecule has 0 radical (unpaired) electrons. The first-order chi connectivity index (χ1) is 9.49. The van der Waals surface area contributed by atoms with Gasteiger partial charge in [-0.2, -0.15) is 0 Å². The second-order valence-corrected chi connectivity index (χ2v) is 4.87. The van der Waals surface area contributed by atoms with E-state index in [1.54, 1.807) is 0 Å². The summed E-state index contributed by atoms with van der Waals surface area (Å²) in [5.74, 6) is -2.23. The van der Waals surface area contributed by atoms with Gasteiger partial charge in [-0.3, -0.25) is 0 Å². The van der Waals surface area contributed by atoms with Gasteiger partial charge in [-0.25, -0.2) is 13.6 Å². The zero-order valence-electron chi connectivity index (χ0n) is 10.2. The van der Waals surface area contributed by atoms with Gasteiger partial charge >= 0.3 is 5.97 Å². The van der Waals surface area contributed by atoms with Crippen LogP contribution in [-0.2, 0) is 11.3 Å². The number of carbonyl (C=O) groups excluding carboxylic acids is 1. The van der Waals surface area contributed by atoms with Gasteiger partial charge < -0.3 is 10.5 Å². The Balaban J connectivity index is 2.11. The van der Waals surface area contributed by atoms with Crippen molar-refractivity contribution < 1.29 is 18.3 Å². The van der Waals surface area contributed by atoms with Crippen molar-refractivity contribution in [2.75, 3.05) is 5.73 Å². The predicted molar refractivity (Wildman–Crippen MR) is 74.0 cm³/mol. The van der Waals surface area contributed by atoms with E-state index >= 15 is 0 Å². The molecule has 2 aromatic rings. The second kappa shape index (κ2) is 6.00. The number of nitrogens with two attached hydrogens (primary N) is 1. The minimum absolute atomic E-state index is 0.109. The Labute approximate surface area is 122 Å². The third-order valence-electron chi connectivity index (χ3n) is 2.63. The van der Waals surface area contributed by atoms with E-state index < -0.39 is 24.2 Å². The molecule has 104 valence electrons. The average Bonchev–Trinajstić information content (AvgIpc) is 2.43. The molecule has 6 heteroatoms. The standard InChI is InChI=1S/C14H10BrF2NO2/c15-11-5-6-12(16)10(13(11)17)7-20-14(19)8-1-3-9(18)4-2-8/h1-6H,7,18H2. The van der Waals surface area contributed by atoms with Crippen LogP contribution >= 0.6 is 15.9 Å². The summed E-state index contributed by atoms with van der Waals surface area (Å²) in [6, 6.07) is 8.37. The highest BCUT2D eigenvalue weighted by Crippen LogP contribution is 2.22. The third-order valence-corrected chi connectivity index (χ3v) is 3.25. The van der Waals surface area contributed by atoms with Gasteiger partial charge in [0.25, 0.3) is 0 Å². The molecule has 0 aliphatic rings. The number of nitrogen functional groups attached to an aromatic ring is 1. The van der Waals surface area contributed by atoms with Crippen LogP contribution in [0.25, 0.3) is 0 Å². The summed E-state index contributed by atoms with van der Waals surface area (Å²) in [6.07, 6.45) is 0. The first kappa shape index (κ1) is 14.5. The normalized spacial score (nSPS) is 10.3. The van der Waals surface area contributed by atoms with E-state index in [9.17, 15) is 13.6 Å². The highest BCUT2D eigenvalue weighted by molar-refractivity contribution is 9.10. The maximum atomic E-state index is 13.7. The second-order valence-electron chi connectivity index (χ2n) is 4.02. The van der Waals surface area contributed by atoms with Gasteiger partial charge in [-0.1, -0.05) is 0 Å². The zero-order chi connectivity index (χ0) is 14.7. The van der Waals surface area contributed by atoms with E-state index in [1.807, 2.05) is 0 Å². The summed E-state index contributed by atoms with van der Waals surface area (Å²) >= 11 is 2.94. The SMILES string of the molecule is Nc1ccc(C(=O)OCc2c(F)ccc(Br)c2F)cc1. The van der Waals surface area contributed by atoms with Crippen molar-refractivity contribution in [1.82, 2.24) is 0 Å². The highest BCUT2D eigenvalue weighted by Gasteiger charge is 2.15. The van der Waals surface area contributed by atoms with E-state index in [-0.39, 0.29) is 15.6 Å². The van der Waals surface area contributed by atoms with Crippen LogP contribution in [0.15, 0.2) is 40.9 Å². The number of hydrogen-bond donors (Lipinski definition) is 1. The summed E-state index contributed by atoms with van der Waals surface area (Å²) in [4.78, 5) is 11.7. The fraction of sp³-hybridized carbons (Fsp3) is 0.0714. The van der Waals surface area contributed by atoms with Crippen LogP contribution < -0.4 is 5.73 Å². The van der Waals surface area contributed by atoms with E-state index in [0.717, 1.165) is 6.07 Å². The number of halogens is 3. The molecule has 0 saturated carbocycles. The first-order valence-corrected chi connectivity index (χ1v) is 6.43. The van der Waals surface area contributed by atoms with Crippen LogP contribution in [0, 0.1) is 11.6 Å². The molecule has 2 aromatic carbocycles. The fourth-order valence-electron chi connectivity index (χ4n) is 1.54. The number of ether oxygens (including phenoxy) is 1. The molecule has 0 heterocycles. The van der Waals surface area contributed by atoms with Gasteiger partial charge in [0.1, 0.15) is 18.2 Å². The topological polar surface area (TPSA) is 52.3 Å². The Bertz CT molecular complexity index is 644. The fourth-order valence-corrected chi connectivity index (χ4v) is 1.91. The number of rotatable bonds is 3. The predicted octanol–water partition coefficient (Wildman–Crippen LogP) is 3.67. The van der Waals surface area contributed by atoms with E-state index in [2.05, 4.69) is 15.9 Å². The molecule has 0 aliphatic heterocycles. The summed E-state index contributed by atoms with van der Waals surface area (Å²) in [5, 5.41) is 0. The van der Waals surface area contributed by atoms with Crippen LogP contribution in [0.4, 0.5) is 14.5 Å². The molecule has 0 amide bonds. The summed E-state index contributed by atoms with van der Waals surface area (Å²) < 4.78 is 32.1. The van der Waals surface area contributed by atoms with Gasteiger partial charge in [0.05, 0.1) is 15.6 Å². The summed E-state index contributed by atoms with van der Waals surface area (Å²) in [7, 11) is 0. The van der Waals surface area contributed by atoms with Gasteiger partial charge in [0.15, 0.2) is 0 Å². The van der Waals surface area contributed by atoms with Crippen LogP contribution in [0.2, 0.25) is 0 Å². The number of anilines is 1. The molecule has 0 bridgehead atoms. The lowest BCUT2D eigenvalue weighted by Gasteiger charge is -2.08. The maximum Gasteiger partial charge on any atom is 0.338 e. The molecular weight excluding hydrogens is 332 g/mol. The lowest BCUT2D eigenvalue weighted by molar-refractivity contribution is 0.0464. The Kier molecular flexibility index (Phi) is 4.34. The van der Waals surface area contributed by atoms with Crippen molar-refractivity contribution in [2.45, 2.75) is 6.61 Å². The minimum Gasteiger partial charge on any atom is -0.457 e. The molecule has 0 atom stereocenters. The van der Waals surface area contributed by atoms with Crippen LogP contribution in [-0.4, -0.2) is 5.97 Å². The van der Waals surface area contributed by atoms with Gasteiger partial charge in [0.2, 0.25) is 0 Å². The molecule has 3 nitrogen and oxygen atoms in total. The third kappa shape index (κ3) is 3.14. The largest absolute Gasteiger partial charge is 0.457 e. The van der Waals surface area contributed by atoms with Crippen molar-refractivity contribution in [3.63, 3.8) is 0 Å². The smallest absolute Gasteiger partial charge is 0.338 e. The lowest BCUT2D eigenvalue weighted by Crippen LogP contribution is -2.08. The number of benzene rings is 2. The van der Waals surface area contributed by atoms with Crippen LogP contribution in [0.3, 0.4) is 0 Å². The Morgan fingerprint density at radius 1 is 1.15 bits per heavy atom. The van der Waals surface area contributed by atoms with E-state index in [1.165, 1.54) is 30.3 Å². The van der Waals surface area contributed by atoms with E-state index in [4.69, 9.17) is 10.5 Å². The molecule has 0 spiro atoms. The maximum absolute atomic E-state index is 13.7. The van der Waals surface area contributed by atoms with Crippen molar-refractivity contribution >= 4 is 27.6 Å². The molecule has 0 unspecified atom stereocenters. The molecule has 2 rings (SSSR count). The zero-order valence-corrected chi connectivity index (χ0v) is 11.8. The number of carbonyl (C=O) groups is 1. The molecular formula is C14H10BrF2NO2. The summed E-state index contributed by atoms with van der Waals surface area (Å²) in [5.41, 5.74) is 5.95. The number of esters is 1. The Morgan fingerprint density at radius 3 is 2.45 bits per heavy atom. The molecule has 0 saturated heterocycles. The quantitative estimate of drug-likeness (QED) is 0.526. The Hall–Kier alpha value is -1.95. The van der Waals surface area contributed by atoms with E-state index in [0.29, 0.717) is 5.69 Å². The lowest BCUT2D eigenvalue weighted by atomic mass is 10.2. The molecule has 0 aromatic heterocycles. The molecule has 2 N–H and O–H groups in total. The first-order valence-electron chi connectivity index (χ1n) is 5.64. The highest BCUT2D eigenvalue weighted by atomic mass is 79.9. The van der Waals surface area contributed by atoms with Gasteiger partial charge in [0, 0.05) is 5.69 Å². The number of hydrogen-bond acceptors (Lipinski definition) is 3. The van der Waals surface area contributed by atoms with Crippen LogP contribution in [0.5, 0.6) is 0 Å².